The predicted octanol–water partition coefficient (Wildman–Crippen LogP) is -0.349. The molecule has 0 aromatic carbocycles. The van der Waals surface area contributed by atoms with Gasteiger partial charge in [-0.25, -0.2) is 14.5 Å². The highest BCUT2D eigenvalue weighted by atomic mass is 16.2. The van der Waals surface area contributed by atoms with Gasteiger partial charge >= 0.3 is 12.1 Å². The second-order valence-electron chi connectivity index (χ2n) is 2.18. The number of carbonyl (C=O) groups is 2. The second kappa shape index (κ2) is 2.17. The van der Waals surface area contributed by atoms with Crippen molar-refractivity contribution in [3.63, 3.8) is 0 Å². The van der Waals surface area contributed by atoms with Crippen molar-refractivity contribution >= 4 is 12.1 Å². The Morgan fingerprint density at radius 1 is 1.40 bits per heavy atom. The maximum absolute atomic E-state index is 10.9. The van der Waals surface area contributed by atoms with Gasteiger partial charge in [0.2, 0.25) is 0 Å². The molecule has 1 heterocycles. The summed E-state index contributed by atoms with van der Waals surface area (Å²) in [4.78, 5) is 24.1. The van der Waals surface area contributed by atoms with E-state index in [-0.39, 0.29) is 12.1 Å². The van der Waals surface area contributed by atoms with E-state index >= 15 is 0 Å². The number of nitrogens with zero attached hydrogens (tertiary/aromatic N) is 2. The average Bonchev–Trinajstić information content (AvgIpc) is 1.93. The van der Waals surface area contributed by atoms with Crippen LogP contribution in [0.4, 0.5) is 9.59 Å². The molecule has 5 heteroatoms. The van der Waals surface area contributed by atoms with Crippen LogP contribution in [0.3, 0.4) is 0 Å². The van der Waals surface area contributed by atoms with Crippen molar-refractivity contribution < 1.29 is 9.59 Å². The zero-order valence-corrected chi connectivity index (χ0v) is 5.92. The summed E-state index contributed by atoms with van der Waals surface area (Å²) in [6, 6.07) is -0.619. The Bertz CT molecular complexity index is 180. The minimum Gasteiger partial charge on any atom is -0.320 e. The Labute approximate surface area is 58.6 Å². The van der Waals surface area contributed by atoms with Crippen LogP contribution in [0.15, 0.2) is 0 Å². The summed E-state index contributed by atoms with van der Waals surface area (Å²) in [5.41, 5.74) is 0. The van der Waals surface area contributed by atoms with Crippen LogP contribution in [0.1, 0.15) is 0 Å². The van der Waals surface area contributed by atoms with Gasteiger partial charge in [-0.3, -0.25) is 0 Å². The molecule has 0 aliphatic carbocycles. The van der Waals surface area contributed by atoms with Crippen LogP contribution in [-0.2, 0) is 0 Å². The molecule has 1 fully saturated rings. The number of hydrogen-bond acceptors (Lipinski definition) is 2. The van der Waals surface area contributed by atoms with Gasteiger partial charge in [0.05, 0.1) is 6.67 Å². The van der Waals surface area contributed by atoms with Gasteiger partial charge in [0.1, 0.15) is 0 Å². The highest BCUT2D eigenvalue weighted by molar-refractivity contribution is 5.95. The monoisotopic (exact) mass is 143 g/mol. The van der Waals surface area contributed by atoms with Gasteiger partial charge in [-0.05, 0) is 0 Å². The fraction of sp³-hybridized carbons (Fsp3) is 0.600. The molecule has 0 spiro atoms. The molecule has 4 amide bonds. The van der Waals surface area contributed by atoms with Gasteiger partial charge in [-0.2, -0.15) is 0 Å². The van der Waals surface area contributed by atoms with Crippen LogP contribution < -0.4 is 5.32 Å². The molecule has 0 unspecified atom stereocenters. The normalized spacial score (nSPS) is 19.4. The van der Waals surface area contributed by atoms with Crippen molar-refractivity contribution in [1.82, 2.24) is 15.1 Å². The predicted molar refractivity (Wildman–Crippen MR) is 34.3 cm³/mol. The van der Waals surface area contributed by atoms with Crippen molar-refractivity contribution in [2.45, 2.75) is 0 Å². The Kier molecular flexibility index (Phi) is 1.48. The van der Waals surface area contributed by atoms with E-state index in [9.17, 15) is 9.59 Å². The molecule has 0 saturated carbocycles. The summed E-state index contributed by atoms with van der Waals surface area (Å²) in [5, 5.41) is 2.50. The highest BCUT2D eigenvalue weighted by Gasteiger charge is 2.25. The summed E-state index contributed by atoms with van der Waals surface area (Å²) in [6.07, 6.45) is 0. The lowest BCUT2D eigenvalue weighted by Gasteiger charge is -2.29. The molecular weight excluding hydrogens is 134 g/mol. The lowest BCUT2D eigenvalue weighted by Crippen LogP contribution is -2.56. The van der Waals surface area contributed by atoms with E-state index in [1.807, 2.05) is 0 Å². The maximum Gasteiger partial charge on any atom is 0.329 e. The molecule has 0 aromatic rings. The number of nitrogens with one attached hydrogen (secondary N) is 1. The van der Waals surface area contributed by atoms with Crippen LogP contribution in [0.25, 0.3) is 0 Å². The first-order valence-electron chi connectivity index (χ1n) is 2.89. The third kappa shape index (κ3) is 0.896. The van der Waals surface area contributed by atoms with Gasteiger partial charge in [0, 0.05) is 14.1 Å². The molecule has 1 rings (SSSR count). The van der Waals surface area contributed by atoms with Crippen LogP contribution in [0, 0.1) is 0 Å². The van der Waals surface area contributed by atoms with Crippen molar-refractivity contribution in [3.05, 3.63) is 0 Å². The average molecular weight is 143 g/mol. The molecular formula is C5H9N3O2. The zero-order valence-electron chi connectivity index (χ0n) is 5.92. The topological polar surface area (TPSA) is 52.7 Å². The first-order valence-corrected chi connectivity index (χ1v) is 2.89. The number of amides is 4. The standard InChI is InChI=1S/C5H9N3O2/c1-7-3-6-4(9)8(2)5(7)10/h3H2,1-2H3,(H,6,9). The third-order valence-electron chi connectivity index (χ3n) is 1.39. The molecule has 1 aliphatic rings. The maximum atomic E-state index is 10.9. The number of rotatable bonds is 0. The summed E-state index contributed by atoms with van der Waals surface area (Å²) in [7, 11) is 3.06. The number of urea groups is 2. The molecule has 0 aromatic heterocycles. The van der Waals surface area contributed by atoms with Crippen LogP contribution >= 0.6 is 0 Å². The molecule has 1 N–H and O–H groups in total. The van der Waals surface area contributed by atoms with E-state index in [2.05, 4.69) is 5.32 Å². The largest absolute Gasteiger partial charge is 0.329 e. The van der Waals surface area contributed by atoms with Crippen LogP contribution in [0.2, 0.25) is 0 Å². The molecule has 0 bridgehead atoms. The number of imide groups is 1. The van der Waals surface area contributed by atoms with E-state index in [0.717, 1.165) is 4.90 Å². The Morgan fingerprint density at radius 3 is 2.50 bits per heavy atom. The van der Waals surface area contributed by atoms with E-state index in [0.29, 0.717) is 6.67 Å². The smallest absolute Gasteiger partial charge is 0.320 e. The third-order valence-corrected chi connectivity index (χ3v) is 1.39. The Hall–Kier alpha value is -1.26. The summed E-state index contributed by atoms with van der Waals surface area (Å²) >= 11 is 0. The van der Waals surface area contributed by atoms with Crippen molar-refractivity contribution in [2.75, 3.05) is 20.8 Å². The van der Waals surface area contributed by atoms with E-state index in [1.54, 1.807) is 7.05 Å². The summed E-state index contributed by atoms with van der Waals surface area (Å²) < 4.78 is 0. The first-order chi connectivity index (χ1) is 4.63. The molecule has 0 atom stereocenters. The first kappa shape index (κ1) is 6.85. The van der Waals surface area contributed by atoms with Gasteiger partial charge in [-0.15, -0.1) is 0 Å². The summed E-state index contributed by atoms with van der Waals surface area (Å²) in [5.74, 6) is 0. The van der Waals surface area contributed by atoms with Crippen LogP contribution in [0.5, 0.6) is 0 Å². The SMILES string of the molecule is CN1CNC(=O)N(C)C1=O. The number of carbonyl (C=O) groups excluding carboxylic acids is 2. The van der Waals surface area contributed by atoms with E-state index in [4.69, 9.17) is 0 Å². The highest BCUT2D eigenvalue weighted by Crippen LogP contribution is 1.97. The molecule has 0 radical (unpaired) electrons. The second-order valence-corrected chi connectivity index (χ2v) is 2.18. The van der Waals surface area contributed by atoms with Crippen molar-refractivity contribution in [1.29, 1.82) is 0 Å². The van der Waals surface area contributed by atoms with Gasteiger partial charge in [0.25, 0.3) is 0 Å². The molecule has 1 saturated heterocycles. The minimum absolute atomic E-state index is 0.274. The van der Waals surface area contributed by atoms with Gasteiger partial charge in [0.15, 0.2) is 0 Å². The van der Waals surface area contributed by atoms with E-state index in [1.165, 1.54) is 11.9 Å². The Balaban J connectivity index is 2.70. The number of hydrogen-bond donors (Lipinski definition) is 1. The van der Waals surface area contributed by atoms with Crippen LogP contribution in [-0.4, -0.2) is 42.6 Å². The lowest BCUT2D eigenvalue weighted by molar-refractivity contribution is 0.150. The molecule has 56 valence electrons. The van der Waals surface area contributed by atoms with Gasteiger partial charge in [-0.1, -0.05) is 0 Å². The van der Waals surface area contributed by atoms with E-state index < -0.39 is 0 Å². The van der Waals surface area contributed by atoms with Gasteiger partial charge < -0.3 is 10.2 Å². The minimum atomic E-state index is -0.344. The zero-order chi connectivity index (χ0) is 7.72. The Morgan fingerprint density at radius 2 is 2.00 bits per heavy atom. The van der Waals surface area contributed by atoms with Crippen molar-refractivity contribution in [3.8, 4) is 0 Å². The fourth-order valence-corrected chi connectivity index (χ4v) is 0.715. The quantitative estimate of drug-likeness (QED) is 0.504. The molecule has 5 nitrogen and oxygen atoms in total. The molecule has 10 heavy (non-hydrogen) atoms. The summed E-state index contributed by atoms with van der Waals surface area (Å²) in [6.45, 7) is 0.294. The lowest BCUT2D eigenvalue weighted by atomic mass is 10.6. The fourth-order valence-electron chi connectivity index (χ4n) is 0.715. The van der Waals surface area contributed by atoms with Crippen molar-refractivity contribution in [2.24, 2.45) is 0 Å². The molecule has 1 aliphatic heterocycles.